The highest BCUT2D eigenvalue weighted by Gasteiger charge is 2.31. The van der Waals surface area contributed by atoms with Gasteiger partial charge in [0.1, 0.15) is 17.1 Å². The minimum atomic E-state index is -0.697. The molecular weight excluding hydrogens is 379 g/mol. The lowest BCUT2D eigenvalue weighted by atomic mass is 10.0. The molecule has 4 rings (SSSR count). The number of aromatic amines is 1. The van der Waals surface area contributed by atoms with Gasteiger partial charge in [-0.25, -0.2) is 9.18 Å². The Morgan fingerprint density at radius 1 is 1.28 bits per heavy atom. The van der Waals surface area contributed by atoms with Crippen molar-refractivity contribution in [3.63, 3.8) is 0 Å². The number of carbonyl (C=O) groups excluding carboxylic acids is 2. The maximum atomic E-state index is 14.4. The van der Waals surface area contributed by atoms with Crippen LogP contribution in [0.4, 0.5) is 9.18 Å². The van der Waals surface area contributed by atoms with Crippen LogP contribution in [0.1, 0.15) is 36.8 Å². The van der Waals surface area contributed by atoms with E-state index in [0.717, 1.165) is 0 Å². The van der Waals surface area contributed by atoms with Crippen molar-refractivity contribution < 1.29 is 18.7 Å². The number of hydrogen-bond acceptors (Lipinski definition) is 5. The monoisotopic (exact) mass is 400 g/mol. The fraction of sp³-hybridized carbons (Fsp3) is 0.368. The van der Waals surface area contributed by atoms with E-state index in [4.69, 9.17) is 10.5 Å². The van der Waals surface area contributed by atoms with Crippen molar-refractivity contribution in [2.75, 3.05) is 6.54 Å². The second-order valence-corrected chi connectivity index (χ2v) is 7.95. The number of benzene rings is 1. The van der Waals surface area contributed by atoms with Gasteiger partial charge in [0.25, 0.3) is 5.91 Å². The van der Waals surface area contributed by atoms with E-state index >= 15 is 0 Å². The van der Waals surface area contributed by atoms with Crippen LogP contribution in [0.15, 0.2) is 18.3 Å². The number of fused-ring (bicyclic) bond motifs is 2. The summed E-state index contributed by atoms with van der Waals surface area (Å²) in [5, 5.41) is 11.4. The average molecular weight is 400 g/mol. The molecule has 0 radical (unpaired) electrons. The molecule has 0 fully saturated rings. The first-order valence-electron chi connectivity index (χ1n) is 9.14. The van der Waals surface area contributed by atoms with E-state index in [2.05, 4.69) is 15.3 Å². The second kappa shape index (κ2) is 6.57. The zero-order valence-corrected chi connectivity index (χ0v) is 16.3. The molecule has 0 aliphatic carbocycles. The van der Waals surface area contributed by atoms with Crippen LogP contribution in [0.25, 0.3) is 22.2 Å². The molecule has 3 heterocycles. The van der Waals surface area contributed by atoms with Crippen molar-refractivity contribution in [3.05, 3.63) is 35.4 Å². The highest BCUT2D eigenvalue weighted by Crippen LogP contribution is 2.31. The number of nitrogens with zero attached hydrogens (tertiary/aromatic N) is 4. The van der Waals surface area contributed by atoms with Gasteiger partial charge in [-0.15, -0.1) is 0 Å². The predicted molar refractivity (Wildman–Crippen MR) is 102 cm³/mol. The normalized spacial score (nSPS) is 14.1. The number of amides is 2. The molecule has 2 amide bonds. The molecule has 0 saturated carbocycles. The standard InChI is InChI=1S/C19H21FN6O3/c1-19(2,3)29-18(28)25-4-5-26-14(9-25)15(17(21)27)16(24-26)10-6-12(20)11-8-22-23-13(11)7-10/h6-8H,4-5,9H2,1-3H3,(H2,21,27)(H,22,23). The summed E-state index contributed by atoms with van der Waals surface area (Å²) in [4.78, 5) is 26.2. The summed E-state index contributed by atoms with van der Waals surface area (Å²) in [5.41, 5.74) is 6.81. The van der Waals surface area contributed by atoms with E-state index in [1.165, 1.54) is 17.2 Å². The van der Waals surface area contributed by atoms with Crippen molar-refractivity contribution in [1.82, 2.24) is 24.9 Å². The lowest BCUT2D eigenvalue weighted by molar-refractivity contribution is 0.0193. The molecule has 9 nitrogen and oxygen atoms in total. The molecule has 10 heteroatoms. The molecule has 152 valence electrons. The highest BCUT2D eigenvalue weighted by molar-refractivity contribution is 6.01. The minimum absolute atomic E-state index is 0.120. The first-order chi connectivity index (χ1) is 13.6. The summed E-state index contributed by atoms with van der Waals surface area (Å²) in [5.74, 6) is -1.18. The molecule has 0 saturated heterocycles. The van der Waals surface area contributed by atoms with Crippen LogP contribution in [0.5, 0.6) is 0 Å². The molecule has 0 spiro atoms. The number of primary amides is 1. The molecule has 1 aromatic carbocycles. The molecule has 0 atom stereocenters. The number of ether oxygens (including phenoxy) is 1. The van der Waals surface area contributed by atoms with E-state index < -0.39 is 23.4 Å². The summed E-state index contributed by atoms with van der Waals surface area (Å²) >= 11 is 0. The molecule has 2 aromatic heterocycles. The van der Waals surface area contributed by atoms with Gasteiger partial charge >= 0.3 is 6.09 Å². The third kappa shape index (κ3) is 3.41. The fourth-order valence-corrected chi connectivity index (χ4v) is 3.41. The van der Waals surface area contributed by atoms with Gasteiger partial charge in [-0.2, -0.15) is 10.2 Å². The van der Waals surface area contributed by atoms with E-state index in [0.29, 0.717) is 35.2 Å². The SMILES string of the molecule is CC(C)(C)OC(=O)N1CCn2nc(-c3cc(F)c4cn[nH]c4c3)c(C(N)=O)c2C1. The molecule has 0 unspecified atom stereocenters. The Kier molecular flexibility index (Phi) is 4.29. The third-order valence-corrected chi connectivity index (χ3v) is 4.66. The van der Waals surface area contributed by atoms with Gasteiger partial charge in [-0.1, -0.05) is 0 Å². The van der Waals surface area contributed by atoms with Crippen molar-refractivity contribution in [2.45, 2.75) is 39.5 Å². The smallest absolute Gasteiger partial charge is 0.410 e. The number of halogens is 1. The van der Waals surface area contributed by atoms with Crippen molar-refractivity contribution >= 4 is 22.9 Å². The Labute approximate surface area is 165 Å². The number of rotatable bonds is 2. The van der Waals surface area contributed by atoms with Crippen LogP contribution >= 0.6 is 0 Å². The molecule has 1 aliphatic rings. The first-order valence-corrected chi connectivity index (χ1v) is 9.14. The van der Waals surface area contributed by atoms with Crippen LogP contribution < -0.4 is 5.73 Å². The first kappa shape index (κ1) is 18.9. The Hall–Kier alpha value is -3.43. The number of hydrogen-bond donors (Lipinski definition) is 2. The van der Waals surface area contributed by atoms with Crippen LogP contribution in [0, 0.1) is 5.82 Å². The second-order valence-electron chi connectivity index (χ2n) is 7.95. The van der Waals surface area contributed by atoms with Crippen LogP contribution in [-0.4, -0.2) is 49.0 Å². The van der Waals surface area contributed by atoms with E-state index in [1.54, 1.807) is 31.5 Å². The van der Waals surface area contributed by atoms with Gasteiger partial charge in [0, 0.05) is 12.1 Å². The summed E-state index contributed by atoms with van der Waals surface area (Å²) in [7, 11) is 0. The van der Waals surface area contributed by atoms with Crippen LogP contribution in [0.2, 0.25) is 0 Å². The number of aromatic nitrogens is 4. The van der Waals surface area contributed by atoms with Gasteiger partial charge in [0.2, 0.25) is 0 Å². The average Bonchev–Trinajstić information content (AvgIpc) is 3.23. The molecule has 3 aromatic rings. The Bertz CT molecular complexity index is 1130. The van der Waals surface area contributed by atoms with Gasteiger partial charge in [0.05, 0.1) is 41.4 Å². The maximum Gasteiger partial charge on any atom is 0.410 e. The van der Waals surface area contributed by atoms with Crippen molar-refractivity contribution in [2.24, 2.45) is 5.73 Å². The summed E-state index contributed by atoms with van der Waals surface area (Å²) < 4.78 is 21.5. The highest BCUT2D eigenvalue weighted by atomic mass is 19.1. The number of H-pyrrole nitrogens is 1. The Balaban J connectivity index is 1.75. The van der Waals surface area contributed by atoms with Crippen molar-refractivity contribution in [3.8, 4) is 11.3 Å². The molecule has 1 aliphatic heterocycles. The van der Waals surface area contributed by atoms with E-state index in [9.17, 15) is 14.0 Å². The Morgan fingerprint density at radius 3 is 2.72 bits per heavy atom. The van der Waals surface area contributed by atoms with E-state index in [1.807, 2.05) is 0 Å². The maximum absolute atomic E-state index is 14.4. The van der Waals surface area contributed by atoms with Gasteiger partial charge in [-0.3, -0.25) is 14.6 Å². The molecular formula is C19H21FN6O3. The fourth-order valence-electron chi connectivity index (χ4n) is 3.41. The van der Waals surface area contributed by atoms with Gasteiger partial charge < -0.3 is 15.4 Å². The molecule has 0 bridgehead atoms. The topological polar surface area (TPSA) is 119 Å². The Morgan fingerprint density at radius 2 is 2.03 bits per heavy atom. The number of nitrogens with two attached hydrogens (primary N) is 1. The molecule has 29 heavy (non-hydrogen) atoms. The zero-order valence-electron chi connectivity index (χ0n) is 16.3. The predicted octanol–water partition coefficient (Wildman–Crippen LogP) is 2.42. The number of nitrogens with one attached hydrogen (secondary N) is 1. The zero-order chi connectivity index (χ0) is 20.9. The van der Waals surface area contributed by atoms with Gasteiger partial charge in [0.15, 0.2) is 0 Å². The van der Waals surface area contributed by atoms with Crippen molar-refractivity contribution in [1.29, 1.82) is 0 Å². The van der Waals surface area contributed by atoms with Crippen LogP contribution in [-0.2, 0) is 17.8 Å². The van der Waals surface area contributed by atoms with Crippen LogP contribution in [0.3, 0.4) is 0 Å². The lowest BCUT2D eigenvalue weighted by Gasteiger charge is -2.30. The largest absolute Gasteiger partial charge is 0.444 e. The summed E-state index contributed by atoms with van der Waals surface area (Å²) in [6.07, 6.45) is 0.909. The third-order valence-electron chi connectivity index (χ3n) is 4.66. The lowest BCUT2D eigenvalue weighted by Crippen LogP contribution is -2.42. The molecule has 3 N–H and O–H groups in total. The summed E-state index contributed by atoms with van der Waals surface area (Å²) in [6, 6.07) is 2.96. The minimum Gasteiger partial charge on any atom is -0.444 e. The number of carbonyl (C=O) groups is 2. The summed E-state index contributed by atoms with van der Waals surface area (Å²) in [6.45, 7) is 6.21. The van der Waals surface area contributed by atoms with E-state index in [-0.39, 0.29) is 17.8 Å². The van der Waals surface area contributed by atoms with Gasteiger partial charge in [-0.05, 0) is 32.9 Å². The quantitative estimate of drug-likeness (QED) is 0.685.